The summed E-state index contributed by atoms with van der Waals surface area (Å²) in [5.41, 5.74) is 6.61. The zero-order chi connectivity index (χ0) is 13.8. The van der Waals surface area contributed by atoms with E-state index < -0.39 is 0 Å². The molecule has 2 atom stereocenters. The molecule has 106 valence electrons. The molecule has 0 radical (unpaired) electrons. The molecule has 0 heterocycles. The number of hydrogen-bond donors (Lipinski definition) is 2. The van der Waals surface area contributed by atoms with E-state index >= 15 is 0 Å². The van der Waals surface area contributed by atoms with Crippen LogP contribution in [0.2, 0.25) is 0 Å². The Hall–Kier alpha value is -1.62. The Morgan fingerprint density at radius 1 is 1.11 bits per heavy atom. The van der Waals surface area contributed by atoms with Crippen LogP contribution in [-0.4, -0.2) is 34.4 Å². The fourth-order valence-corrected chi connectivity index (χ4v) is 2.28. The molecular weight excluding hydrogens is 244 g/mol. The fourth-order valence-electron chi connectivity index (χ4n) is 2.28. The van der Waals surface area contributed by atoms with Crippen molar-refractivity contribution < 1.29 is 14.2 Å². The van der Waals surface area contributed by atoms with E-state index in [-0.39, 0.29) is 0 Å². The van der Waals surface area contributed by atoms with Gasteiger partial charge >= 0.3 is 0 Å². The lowest BCUT2D eigenvalue weighted by atomic mass is 10.2. The minimum absolute atomic E-state index is 0.613. The van der Waals surface area contributed by atoms with Crippen molar-refractivity contribution in [1.82, 2.24) is 0 Å². The topological polar surface area (TPSA) is 65.7 Å². The zero-order valence-corrected chi connectivity index (χ0v) is 11.7. The first-order valence-corrected chi connectivity index (χ1v) is 6.47. The third-order valence-electron chi connectivity index (χ3n) is 3.60. The van der Waals surface area contributed by atoms with Crippen molar-refractivity contribution in [1.29, 1.82) is 0 Å². The molecule has 0 aromatic heterocycles. The minimum atomic E-state index is 0.613. The maximum Gasteiger partial charge on any atom is 0.203 e. The van der Waals surface area contributed by atoms with Crippen molar-refractivity contribution in [2.45, 2.75) is 6.42 Å². The number of nitrogens with one attached hydrogen (secondary N) is 1. The van der Waals surface area contributed by atoms with Gasteiger partial charge < -0.3 is 25.3 Å². The summed E-state index contributed by atoms with van der Waals surface area (Å²) in [4.78, 5) is 0. The van der Waals surface area contributed by atoms with Gasteiger partial charge in [0.05, 0.1) is 21.3 Å². The summed E-state index contributed by atoms with van der Waals surface area (Å²) < 4.78 is 15.9. The molecule has 1 aromatic rings. The molecule has 0 bridgehead atoms. The summed E-state index contributed by atoms with van der Waals surface area (Å²) in [5, 5.41) is 3.40. The van der Waals surface area contributed by atoms with E-state index in [0.29, 0.717) is 29.1 Å². The summed E-state index contributed by atoms with van der Waals surface area (Å²) in [6.07, 6.45) is 1.22. The predicted molar refractivity (Wildman–Crippen MR) is 75.2 cm³/mol. The highest BCUT2D eigenvalue weighted by Gasteiger charge is 2.35. The summed E-state index contributed by atoms with van der Waals surface area (Å²) in [6.45, 7) is 1.71. The van der Waals surface area contributed by atoms with E-state index in [1.807, 2.05) is 12.1 Å². The number of methoxy groups -OCH3 is 3. The van der Waals surface area contributed by atoms with Crippen molar-refractivity contribution >= 4 is 5.69 Å². The lowest BCUT2D eigenvalue weighted by molar-refractivity contribution is 0.324. The maximum absolute atomic E-state index is 5.64. The van der Waals surface area contributed by atoms with Gasteiger partial charge in [-0.05, 0) is 24.8 Å². The molecule has 3 N–H and O–H groups in total. The van der Waals surface area contributed by atoms with E-state index in [1.54, 1.807) is 21.3 Å². The fraction of sp³-hybridized carbons (Fsp3) is 0.571. The number of nitrogens with two attached hydrogens (primary N) is 1. The highest BCUT2D eigenvalue weighted by atomic mass is 16.5. The van der Waals surface area contributed by atoms with Gasteiger partial charge in [-0.3, -0.25) is 0 Å². The highest BCUT2D eigenvalue weighted by molar-refractivity contribution is 5.62. The Bertz CT molecular complexity index is 412. The van der Waals surface area contributed by atoms with Crippen molar-refractivity contribution in [3.05, 3.63) is 12.1 Å². The molecule has 2 rings (SSSR count). The molecule has 0 spiro atoms. The lowest BCUT2D eigenvalue weighted by Gasteiger charge is -2.15. The van der Waals surface area contributed by atoms with Crippen molar-refractivity contribution in [2.75, 3.05) is 39.7 Å². The zero-order valence-electron chi connectivity index (χ0n) is 11.7. The number of anilines is 1. The molecule has 1 aliphatic rings. The molecule has 1 saturated carbocycles. The van der Waals surface area contributed by atoms with E-state index in [0.717, 1.165) is 18.8 Å². The molecule has 1 aliphatic carbocycles. The summed E-state index contributed by atoms with van der Waals surface area (Å²) in [7, 11) is 4.84. The van der Waals surface area contributed by atoms with Crippen LogP contribution in [0, 0.1) is 11.8 Å². The van der Waals surface area contributed by atoms with Crippen molar-refractivity contribution in [3.63, 3.8) is 0 Å². The highest BCUT2D eigenvalue weighted by Crippen LogP contribution is 2.41. The molecule has 1 fully saturated rings. The van der Waals surface area contributed by atoms with Gasteiger partial charge in [0, 0.05) is 24.4 Å². The second-order valence-corrected chi connectivity index (χ2v) is 4.79. The van der Waals surface area contributed by atoms with Crippen molar-refractivity contribution in [2.24, 2.45) is 17.6 Å². The molecule has 19 heavy (non-hydrogen) atoms. The van der Waals surface area contributed by atoms with E-state index in [4.69, 9.17) is 19.9 Å². The number of rotatable bonds is 7. The quantitative estimate of drug-likeness (QED) is 0.786. The number of benzene rings is 1. The van der Waals surface area contributed by atoms with Gasteiger partial charge in [0.15, 0.2) is 11.5 Å². The Kier molecular flexibility index (Phi) is 4.37. The number of ether oxygens (including phenoxy) is 3. The van der Waals surface area contributed by atoms with Crippen LogP contribution >= 0.6 is 0 Å². The van der Waals surface area contributed by atoms with E-state index in [1.165, 1.54) is 6.42 Å². The van der Waals surface area contributed by atoms with Crippen LogP contribution in [0.15, 0.2) is 12.1 Å². The standard InChI is InChI=1S/C14H22N2O3/c1-17-12-5-11(6-13(18-2)14(12)19-3)16-8-10-4-9(10)7-15/h5-6,9-10,16H,4,7-8,15H2,1-3H3/t9-,10+/m0/s1. The van der Waals surface area contributed by atoms with Gasteiger partial charge in [0.25, 0.3) is 0 Å². The maximum atomic E-state index is 5.64. The average molecular weight is 266 g/mol. The van der Waals surface area contributed by atoms with Gasteiger partial charge in [0.1, 0.15) is 0 Å². The first-order chi connectivity index (χ1) is 9.23. The first kappa shape index (κ1) is 13.8. The van der Waals surface area contributed by atoms with E-state index in [9.17, 15) is 0 Å². The smallest absolute Gasteiger partial charge is 0.203 e. The van der Waals surface area contributed by atoms with Crippen LogP contribution in [-0.2, 0) is 0 Å². The molecule has 5 heteroatoms. The van der Waals surface area contributed by atoms with Crippen LogP contribution in [0.25, 0.3) is 0 Å². The minimum Gasteiger partial charge on any atom is -0.493 e. The van der Waals surface area contributed by atoms with Gasteiger partial charge in [-0.15, -0.1) is 0 Å². The third kappa shape index (κ3) is 3.04. The normalized spacial score (nSPS) is 20.8. The molecule has 0 aliphatic heterocycles. The van der Waals surface area contributed by atoms with Gasteiger partial charge in [-0.1, -0.05) is 0 Å². The molecule has 0 saturated heterocycles. The molecular formula is C14H22N2O3. The number of hydrogen-bond acceptors (Lipinski definition) is 5. The molecule has 0 amide bonds. The summed E-state index contributed by atoms with van der Waals surface area (Å²) in [5.74, 6) is 3.30. The largest absolute Gasteiger partial charge is 0.493 e. The Balaban J connectivity index is 2.08. The Morgan fingerprint density at radius 3 is 2.16 bits per heavy atom. The van der Waals surface area contributed by atoms with Gasteiger partial charge in [-0.2, -0.15) is 0 Å². The van der Waals surface area contributed by atoms with Crippen molar-refractivity contribution in [3.8, 4) is 17.2 Å². The second-order valence-electron chi connectivity index (χ2n) is 4.79. The van der Waals surface area contributed by atoms with Crippen LogP contribution in [0.3, 0.4) is 0 Å². The van der Waals surface area contributed by atoms with Crippen LogP contribution < -0.4 is 25.3 Å². The van der Waals surface area contributed by atoms with Crippen LogP contribution in [0.1, 0.15) is 6.42 Å². The average Bonchev–Trinajstić information content (AvgIpc) is 3.22. The summed E-state index contributed by atoms with van der Waals surface area (Å²) >= 11 is 0. The van der Waals surface area contributed by atoms with E-state index in [2.05, 4.69) is 5.32 Å². The van der Waals surface area contributed by atoms with Crippen LogP contribution in [0.5, 0.6) is 17.2 Å². The summed E-state index contributed by atoms with van der Waals surface area (Å²) in [6, 6.07) is 3.84. The molecule has 0 unspecified atom stereocenters. The molecule has 5 nitrogen and oxygen atoms in total. The monoisotopic (exact) mass is 266 g/mol. The first-order valence-electron chi connectivity index (χ1n) is 6.47. The Labute approximate surface area is 114 Å². The Morgan fingerprint density at radius 2 is 1.74 bits per heavy atom. The SMILES string of the molecule is COc1cc(NC[C@H]2C[C@H]2CN)cc(OC)c1OC. The second kappa shape index (κ2) is 6.02. The van der Waals surface area contributed by atoms with Gasteiger partial charge in [-0.25, -0.2) is 0 Å². The molecule has 1 aromatic carbocycles. The lowest BCUT2D eigenvalue weighted by Crippen LogP contribution is -2.09. The third-order valence-corrected chi connectivity index (χ3v) is 3.60. The predicted octanol–water partition coefficient (Wildman–Crippen LogP) is 1.72. The van der Waals surface area contributed by atoms with Crippen LogP contribution in [0.4, 0.5) is 5.69 Å². The van der Waals surface area contributed by atoms with Gasteiger partial charge in [0.2, 0.25) is 5.75 Å².